The second-order valence-corrected chi connectivity index (χ2v) is 8.04. The van der Waals surface area contributed by atoms with Crippen molar-refractivity contribution in [1.82, 2.24) is 4.98 Å². The van der Waals surface area contributed by atoms with Crippen molar-refractivity contribution < 1.29 is 4.79 Å². The lowest BCUT2D eigenvalue weighted by Gasteiger charge is -2.18. The van der Waals surface area contributed by atoms with Crippen LogP contribution in [0.5, 0.6) is 0 Å². The molecule has 0 aliphatic carbocycles. The second kappa shape index (κ2) is 6.98. The van der Waals surface area contributed by atoms with Crippen molar-refractivity contribution in [3.05, 3.63) is 59.1 Å². The van der Waals surface area contributed by atoms with Crippen LogP contribution in [0.3, 0.4) is 0 Å². The molecule has 0 spiro atoms. The Labute approximate surface area is 162 Å². The number of nitriles is 1. The van der Waals surface area contributed by atoms with Gasteiger partial charge in [0.25, 0.3) is 5.91 Å². The number of para-hydroxylation sites is 2. The molecule has 0 bridgehead atoms. The summed E-state index contributed by atoms with van der Waals surface area (Å²) in [6.07, 6.45) is 0.913. The Bertz CT molecular complexity index is 1070. The maximum atomic E-state index is 13.3. The van der Waals surface area contributed by atoms with Gasteiger partial charge < -0.3 is 4.90 Å². The molecule has 0 fully saturated rings. The minimum Gasteiger partial charge on any atom is -0.308 e. The van der Waals surface area contributed by atoms with E-state index in [4.69, 9.17) is 0 Å². The molecule has 4 rings (SSSR count). The molecule has 0 radical (unpaired) electrons. The first-order valence-electron chi connectivity index (χ1n) is 9.01. The molecule has 4 nitrogen and oxygen atoms in total. The molecular weight excluding hydrogens is 354 g/mol. The predicted octanol–water partition coefficient (Wildman–Crippen LogP) is 5.12. The highest BCUT2D eigenvalue weighted by Crippen LogP contribution is 2.42. The highest BCUT2D eigenvalue weighted by atomic mass is 32.1. The summed E-state index contributed by atoms with van der Waals surface area (Å²) in [4.78, 5) is 19.7. The van der Waals surface area contributed by atoms with Gasteiger partial charge in [0.15, 0.2) is 0 Å². The molecule has 1 amide bonds. The van der Waals surface area contributed by atoms with E-state index in [1.807, 2.05) is 48.5 Å². The van der Waals surface area contributed by atoms with Crippen LogP contribution in [0.15, 0.2) is 48.5 Å². The molecule has 5 heteroatoms. The smallest absolute Gasteiger partial charge is 0.260 e. The highest BCUT2D eigenvalue weighted by Gasteiger charge is 2.35. The fourth-order valence-electron chi connectivity index (χ4n) is 3.32. The lowest BCUT2D eigenvalue weighted by atomic mass is 10.0. The normalized spacial score (nSPS) is 15.3. The van der Waals surface area contributed by atoms with E-state index in [0.29, 0.717) is 28.6 Å². The van der Waals surface area contributed by atoms with Crippen LogP contribution in [0.2, 0.25) is 0 Å². The minimum atomic E-state index is -0.104. The molecule has 2 heterocycles. The molecule has 27 heavy (non-hydrogen) atoms. The van der Waals surface area contributed by atoms with Gasteiger partial charge in [-0.1, -0.05) is 44.2 Å². The van der Waals surface area contributed by atoms with Gasteiger partial charge in [-0.15, -0.1) is 11.3 Å². The summed E-state index contributed by atoms with van der Waals surface area (Å²) in [6.45, 7) is 4.94. The lowest BCUT2D eigenvalue weighted by molar-refractivity contribution is -0.113. The zero-order valence-electron chi connectivity index (χ0n) is 15.3. The van der Waals surface area contributed by atoms with Gasteiger partial charge in [0.05, 0.1) is 21.5 Å². The Morgan fingerprint density at radius 3 is 2.67 bits per heavy atom. The summed E-state index contributed by atoms with van der Waals surface area (Å²) >= 11 is 1.45. The van der Waals surface area contributed by atoms with Crippen molar-refractivity contribution in [2.45, 2.75) is 20.3 Å². The number of fused-ring (bicyclic) bond motifs is 2. The third kappa shape index (κ3) is 3.02. The van der Waals surface area contributed by atoms with Crippen molar-refractivity contribution >= 4 is 44.3 Å². The Kier molecular flexibility index (Phi) is 4.51. The molecule has 2 aromatic carbocycles. The van der Waals surface area contributed by atoms with Gasteiger partial charge in [-0.3, -0.25) is 4.79 Å². The number of carbonyl (C=O) groups excluding carboxylic acids is 1. The van der Waals surface area contributed by atoms with Crippen LogP contribution in [-0.2, 0) is 4.79 Å². The van der Waals surface area contributed by atoms with Crippen LogP contribution < -0.4 is 4.90 Å². The van der Waals surface area contributed by atoms with Crippen LogP contribution in [0.4, 0.5) is 5.69 Å². The fourth-order valence-corrected chi connectivity index (χ4v) is 4.29. The van der Waals surface area contributed by atoms with Crippen molar-refractivity contribution in [3.8, 4) is 6.07 Å². The van der Waals surface area contributed by atoms with Gasteiger partial charge in [-0.25, -0.2) is 4.98 Å². The summed E-state index contributed by atoms with van der Waals surface area (Å²) in [5.41, 5.74) is 3.38. The molecule has 3 aromatic rings. The lowest BCUT2D eigenvalue weighted by Crippen LogP contribution is -2.28. The second-order valence-electron chi connectivity index (χ2n) is 7.01. The molecule has 1 aliphatic rings. The number of hydrogen-bond donors (Lipinski definition) is 0. The van der Waals surface area contributed by atoms with E-state index in [1.54, 1.807) is 4.90 Å². The number of anilines is 1. The van der Waals surface area contributed by atoms with E-state index in [-0.39, 0.29) is 5.91 Å². The van der Waals surface area contributed by atoms with Crippen LogP contribution in [-0.4, -0.2) is 17.4 Å². The van der Waals surface area contributed by atoms with Gasteiger partial charge in [-0.05, 0) is 30.5 Å². The largest absolute Gasteiger partial charge is 0.308 e. The van der Waals surface area contributed by atoms with Crippen LogP contribution >= 0.6 is 11.3 Å². The molecule has 0 saturated carbocycles. The van der Waals surface area contributed by atoms with E-state index in [2.05, 4.69) is 24.9 Å². The average molecular weight is 373 g/mol. The summed E-state index contributed by atoms with van der Waals surface area (Å²) in [6, 6.07) is 17.8. The standard InChI is InChI=1S/C22H19N3OS/c1-14(2)11-12-25-18-9-5-3-7-15(18)20(22(25)26)16(13-23)21-24-17-8-4-6-10-19(17)27-21/h3-10,14H,11-12H2,1-2H3. The monoisotopic (exact) mass is 373 g/mol. The van der Waals surface area contributed by atoms with Gasteiger partial charge in [0.1, 0.15) is 16.6 Å². The van der Waals surface area contributed by atoms with Gasteiger partial charge in [0.2, 0.25) is 0 Å². The number of thiazole rings is 1. The number of carbonyl (C=O) groups is 1. The zero-order valence-corrected chi connectivity index (χ0v) is 16.1. The number of allylic oxidation sites excluding steroid dienone is 1. The molecule has 1 aromatic heterocycles. The van der Waals surface area contributed by atoms with E-state index >= 15 is 0 Å². The van der Waals surface area contributed by atoms with Gasteiger partial charge >= 0.3 is 0 Å². The third-order valence-corrected chi connectivity index (χ3v) is 5.78. The predicted molar refractivity (Wildman–Crippen MR) is 110 cm³/mol. The van der Waals surface area contributed by atoms with E-state index < -0.39 is 0 Å². The summed E-state index contributed by atoms with van der Waals surface area (Å²) < 4.78 is 1.01. The van der Waals surface area contributed by atoms with Crippen molar-refractivity contribution in [2.24, 2.45) is 5.92 Å². The van der Waals surface area contributed by atoms with E-state index in [9.17, 15) is 10.1 Å². The maximum absolute atomic E-state index is 13.3. The van der Waals surface area contributed by atoms with Crippen LogP contribution in [0.25, 0.3) is 21.4 Å². The van der Waals surface area contributed by atoms with Crippen molar-refractivity contribution in [1.29, 1.82) is 5.26 Å². The molecule has 0 saturated heterocycles. The first-order chi connectivity index (χ1) is 13.1. The summed E-state index contributed by atoms with van der Waals surface area (Å²) in [5.74, 6) is 0.394. The number of hydrogen-bond acceptors (Lipinski definition) is 4. The van der Waals surface area contributed by atoms with Crippen LogP contribution in [0.1, 0.15) is 30.8 Å². The Morgan fingerprint density at radius 2 is 1.93 bits per heavy atom. The average Bonchev–Trinajstić information content (AvgIpc) is 3.20. The zero-order chi connectivity index (χ0) is 19.0. The fraction of sp³-hybridized carbons (Fsp3) is 0.227. The minimum absolute atomic E-state index is 0.104. The number of rotatable bonds is 4. The summed E-state index contributed by atoms with van der Waals surface area (Å²) in [5, 5.41) is 10.5. The molecule has 0 unspecified atom stereocenters. The quantitative estimate of drug-likeness (QED) is 0.471. The number of aromatic nitrogens is 1. The molecule has 1 aliphatic heterocycles. The highest BCUT2D eigenvalue weighted by molar-refractivity contribution is 7.19. The van der Waals surface area contributed by atoms with Crippen LogP contribution in [0, 0.1) is 17.2 Å². The Hall–Kier alpha value is -2.97. The Balaban J connectivity index is 1.87. The van der Waals surface area contributed by atoms with Gasteiger partial charge in [0, 0.05) is 12.1 Å². The Morgan fingerprint density at radius 1 is 1.19 bits per heavy atom. The number of amides is 1. The van der Waals surface area contributed by atoms with Gasteiger partial charge in [-0.2, -0.15) is 5.26 Å². The van der Waals surface area contributed by atoms with E-state index in [1.165, 1.54) is 11.3 Å². The summed E-state index contributed by atoms with van der Waals surface area (Å²) in [7, 11) is 0. The maximum Gasteiger partial charge on any atom is 0.260 e. The first kappa shape index (κ1) is 17.4. The van der Waals surface area contributed by atoms with Crippen molar-refractivity contribution in [2.75, 3.05) is 11.4 Å². The molecule has 0 atom stereocenters. The first-order valence-corrected chi connectivity index (χ1v) is 9.83. The van der Waals surface area contributed by atoms with E-state index in [0.717, 1.165) is 27.9 Å². The SMILES string of the molecule is CC(C)CCN1C(=O)C(=C(C#N)c2nc3ccccc3s2)c2ccccc21. The topological polar surface area (TPSA) is 57.0 Å². The molecular formula is C22H19N3OS. The molecule has 0 N–H and O–H groups in total. The number of nitrogens with zero attached hydrogens (tertiary/aromatic N) is 3. The number of benzene rings is 2. The third-order valence-electron chi connectivity index (χ3n) is 4.72. The molecule has 134 valence electrons. The van der Waals surface area contributed by atoms with Crippen molar-refractivity contribution in [3.63, 3.8) is 0 Å².